The molecule has 0 aromatic carbocycles. The molecule has 0 aromatic rings. The number of halogens is 1. The number of hydrogen-bond acceptors (Lipinski definition) is 3. The standard InChI is InChI=1S/C6H13NS2.ClH/c1-4-7-5(2)9-6(3)8-4;/h4-7H,1-3H3;1H. The van der Waals surface area contributed by atoms with Crippen LogP contribution in [-0.4, -0.2) is 15.3 Å². The zero-order chi connectivity index (χ0) is 6.85. The number of nitrogens with one attached hydrogen (secondary N) is 1. The van der Waals surface area contributed by atoms with Crippen molar-refractivity contribution in [3.63, 3.8) is 0 Å². The van der Waals surface area contributed by atoms with Crippen LogP contribution in [0.5, 0.6) is 0 Å². The SMILES string of the molecule is CC1NC(C)SC(C)S1.Cl. The number of thioether (sulfide) groups is 2. The summed E-state index contributed by atoms with van der Waals surface area (Å²) in [5.74, 6) is 0. The van der Waals surface area contributed by atoms with Crippen molar-refractivity contribution in [3.05, 3.63) is 0 Å². The molecular formula is C6H14ClNS2. The lowest BCUT2D eigenvalue weighted by Crippen LogP contribution is -2.36. The van der Waals surface area contributed by atoms with E-state index in [-0.39, 0.29) is 12.4 Å². The van der Waals surface area contributed by atoms with Crippen LogP contribution in [-0.2, 0) is 0 Å². The van der Waals surface area contributed by atoms with Gasteiger partial charge < -0.3 is 0 Å². The third-order valence-corrected chi connectivity index (χ3v) is 3.78. The Kier molecular flexibility index (Phi) is 5.20. The van der Waals surface area contributed by atoms with Crippen LogP contribution in [0.2, 0.25) is 0 Å². The molecule has 10 heavy (non-hydrogen) atoms. The average Bonchev–Trinajstić information content (AvgIpc) is 1.59. The van der Waals surface area contributed by atoms with Gasteiger partial charge in [0, 0.05) is 0 Å². The molecule has 0 saturated carbocycles. The molecule has 1 fully saturated rings. The lowest BCUT2D eigenvalue weighted by molar-refractivity contribution is 0.674. The molecule has 62 valence electrons. The first kappa shape index (κ1) is 11.0. The van der Waals surface area contributed by atoms with Gasteiger partial charge >= 0.3 is 0 Å². The smallest absolute Gasteiger partial charge is 0.0522 e. The third-order valence-electron chi connectivity index (χ3n) is 1.26. The Bertz CT molecular complexity index is 76.7. The fourth-order valence-corrected chi connectivity index (χ4v) is 4.07. The van der Waals surface area contributed by atoms with Crippen LogP contribution in [0.15, 0.2) is 0 Å². The molecule has 1 N–H and O–H groups in total. The fourth-order valence-electron chi connectivity index (χ4n) is 1.02. The second kappa shape index (κ2) is 4.75. The Morgan fingerprint density at radius 3 is 1.70 bits per heavy atom. The van der Waals surface area contributed by atoms with Crippen LogP contribution in [0.4, 0.5) is 0 Å². The van der Waals surface area contributed by atoms with E-state index in [0.717, 1.165) is 4.58 Å². The summed E-state index contributed by atoms with van der Waals surface area (Å²) in [5.41, 5.74) is 0. The van der Waals surface area contributed by atoms with Crippen molar-refractivity contribution in [2.75, 3.05) is 0 Å². The molecule has 0 bridgehead atoms. The van der Waals surface area contributed by atoms with Gasteiger partial charge in [-0.15, -0.1) is 35.9 Å². The van der Waals surface area contributed by atoms with E-state index in [0.29, 0.717) is 10.7 Å². The molecule has 1 nitrogen and oxygen atoms in total. The highest BCUT2D eigenvalue weighted by molar-refractivity contribution is 8.18. The van der Waals surface area contributed by atoms with E-state index in [2.05, 4.69) is 26.1 Å². The first-order chi connectivity index (χ1) is 4.18. The van der Waals surface area contributed by atoms with E-state index in [1.165, 1.54) is 0 Å². The van der Waals surface area contributed by atoms with Gasteiger partial charge in [0.05, 0.1) is 15.3 Å². The van der Waals surface area contributed by atoms with E-state index in [1.807, 2.05) is 23.5 Å². The van der Waals surface area contributed by atoms with Gasteiger partial charge in [-0.3, -0.25) is 5.32 Å². The fraction of sp³-hybridized carbons (Fsp3) is 1.00. The molecule has 1 saturated heterocycles. The lowest BCUT2D eigenvalue weighted by atomic mass is 10.6. The van der Waals surface area contributed by atoms with Gasteiger partial charge in [-0.1, -0.05) is 0 Å². The van der Waals surface area contributed by atoms with Crippen molar-refractivity contribution >= 4 is 35.9 Å². The van der Waals surface area contributed by atoms with Crippen molar-refractivity contribution < 1.29 is 0 Å². The molecule has 2 unspecified atom stereocenters. The summed E-state index contributed by atoms with van der Waals surface area (Å²) in [6, 6.07) is 0. The maximum Gasteiger partial charge on any atom is 0.0522 e. The van der Waals surface area contributed by atoms with Crippen LogP contribution < -0.4 is 5.32 Å². The highest BCUT2D eigenvalue weighted by Crippen LogP contribution is 2.33. The molecule has 0 aliphatic carbocycles. The van der Waals surface area contributed by atoms with Crippen molar-refractivity contribution in [2.45, 2.75) is 36.1 Å². The summed E-state index contributed by atoms with van der Waals surface area (Å²) in [6.45, 7) is 6.71. The van der Waals surface area contributed by atoms with Crippen LogP contribution in [0.1, 0.15) is 20.8 Å². The van der Waals surface area contributed by atoms with Crippen LogP contribution in [0.25, 0.3) is 0 Å². The lowest BCUT2D eigenvalue weighted by Gasteiger charge is -2.29. The summed E-state index contributed by atoms with van der Waals surface area (Å²) in [4.78, 5) is 0. The molecule has 0 radical (unpaired) electrons. The molecular weight excluding hydrogens is 186 g/mol. The predicted molar refractivity (Wildman–Crippen MR) is 54.0 cm³/mol. The summed E-state index contributed by atoms with van der Waals surface area (Å²) in [7, 11) is 0. The van der Waals surface area contributed by atoms with Crippen molar-refractivity contribution in [1.29, 1.82) is 0 Å². The topological polar surface area (TPSA) is 12.0 Å². The highest BCUT2D eigenvalue weighted by Gasteiger charge is 2.19. The quantitative estimate of drug-likeness (QED) is 0.644. The highest BCUT2D eigenvalue weighted by atomic mass is 35.5. The number of hydrogen-bond donors (Lipinski definition) is 1. The van der Waals surface area contributed by atoms with Gasteiger partial charge in [0.2, 0.25) is 0 Å². The zero-order valence-corrected chi connectivity index (χ0v) is 8.91. The maximum absolute atomic E-state index is 3.44. The van der Waals surface area contributed by atoms with E-state index in [4.69, 9.17) is 0 Å². The zero-order valence-electron chi connectivity index (χ0n) is 6.46. The second-order valence-electron chi connectivity index (χ2n) is 2.29. The van der Waals surface area contributed by atoms with Crippen molar-refractivity contribution in [1.82, 2.24) is 5.32 Å². The summed E-state index contributed by atoms with van der Waals surface area (Å²) in [6.07, 6.45) is 0. The van der Waals surface area contributed by atoms with Gasteiger partial charge in [0.15, 0.2) is 0 Å². The van der Waals surface area contributed by atoms with Gasteiger partial charge in [-0.05, 0) is 20.8 Å². The number of rotatable bonds is 0. The first-order valence-corrected chi connectivity index (χ1v) is 5.14. The molecule has 1 aliphatic heterocycles. The van der Waals surface area contributed by atoms with Crippen LogP contribution in [0.3, 0.4) is 0 Å². The Morgan fingerprint density at radius 2 is 1.40 bits per heavy atom. The van der Waals surface area contributed by atoms with E-state index in [1.54, 1.807) is 0 Å². The summed E-state index contributed by atoms with van der Waals surface area (Å²) >= 11 is 3.99. The van der Waals surface area contributed by atoms with E-state index in [9.17, 15) is 0 Å². The minimum atomic E-state index is 0. The monoisotopic (exact) mass is 199 g/mol. The summed E-state index contributed by atoms with van der Waals surface area (Å²) in [5, 5.41) is 4.71. The molecule has 4 heteroatoms. The molecule has 1 heterocycles. The molecule has 2 atom stereocenters. The van der Waals surface area contributed by atoms with Crippen molar-refractivity contribution in [3.8, 4) is 0 Å². The Labute approximate surface area is 77.5 Å². The average molecular weight is 200 g/mol. The first-order valence-electron chi connectivity index (χ1n) is 3.25. The predicted octanol–water partition coefficient (Wildman–Crippen LogP) is 2.52. The molecule has 1 aliphatic rings. The van der Waals surface area contributed by atoms with E-state index < -0.39 is 0 Å². The van der Waals surface area contributed by atoms with Crippen molar-refractivity contribution in [2.24, 2.45) is 0 Å². The normalized spacial score (nSPS) is 40.5. The summed E-state index contributed by atoms with van der Waals surface area (Å²) < 4.78 is 0.760. The minimum absolute atomic E-state index is 0. The van der Waals surface area contributed by atoms with Crippen LogP contribution in [0, 0.1) is 0 Å². The molecule has 1 rings (SSSR count). The molecule has 0 aromatic heterocycles. The molecule has 0 amide bonds. The van der Waals surface area contributed by atoms with Gasteiger partial charge in [-0.2, -0.15) is 0 Å². The largest absolute Gasteiger partial charge is 0.294 e. The Morgan fingerprint density at radius 1 is 1.00 bits per heavy atom. The van der Waals surface area contributed by atoms with Gasteiger partial charge in [0.25, 0.3) is 0 Å². The maximum atomic E-state index is 3.44. The van der Waals surface area contributed by atoms with Crippen LogP contribution >= 0.6 is 35.9 Å². The second-order valence-corrected chi connectivity index (χ2v) is 5.96. The van der Waals surface area contributed by atoms with E-state index >= 15 is 0 Å². The van der Waals surface area contributed by atoms with Gasteiger partial charge in [0.1, 0.15) is 0 Å². The Balaban J connectivity index is 0.000000810. The van der Waals surface area contributed by atoms with Gasteiger partial charge in [-0.25, -0.2) is 0 Å². The third kappa shape index (κ3) is 3.37. The minimum Gasteiger partial charge on any atom is -0.294 e. The Hall–Kier alpha value is 0.950. The molecule has 0 spiro atoms.